The first kappa shape index (κ1) is 14.3. The Bertz CT molecular complexity index is 578. The average molecular weight is 298 g/mol. The first-order valence-corrected chi connectivity index (χ1v) is 6.69. The fourth-order valence-electron chi connectivity index (χ4n) is 2.01. The molecule has 0 aromatic heterocycles. The molecule has 1 atom stereocenters. The molecule has 0 saturated carbocycles. The molecule has 0 amide bonds. The van der Waals surface area contributed by atoms with Crippen molar-refractivity contribution in [3.8, 4) is 0 Å². The van der Waals surface area contributed by atoms with E-state index in [0.717, 1.165) is 5.56 Å². The van der Waals surface area contributed by atoms with E-state index < -0.39 is 6.04 Å². The molecule has 0 bridgehead atoms. The molecule has 100 valence electrons. The molecule has 2 aromatic rings. The molecule has 1 unspecified atom stereocenters. The molecule has 2 aromatic carbocycles. The number of halogens is 3. The molecule has 0 spiro atoms. The van der Waals surface area contributed by atoms with Gasteiger partial charge < -0.3 is 5.73 Å². The minimum absolute atomic E-state index is 0.266. The van der Waals surface area contributed by atoms with Crippen LogP contribution in [0.4, 0.5) is 4.39 Å². The van der Waals surface area contributed by atoms with Crippen molar-refractivity contribution < 1.29 is 4.39 Å². The van der Waals surface area contributed by atoms with Crippen LogP contribution in [0.3, 0.4) is 0 Å². The van der Waals surface area contributed by atoms with Gasteiger partial charge in [-0.1, -0.05) is 47.5 Å². The zero-order valence-corrected chi connectivity index (χ0v) is 12.0. The molecule has 1 nitrogen and oxygen atoms in total. The fraction of sp³-hybridized carbons (Fsp3) is 0.200. The van der Waals surface area contributed by atoms with Crippen LogP contribution in [0.5, 0.6) is 0 Å². The van der Waals surface area contributed by atoms with Gasteiger partial charge in [0.1, 0.15) is 5.82 Å². The summed E-state index contributed by atoms with van der Waals surface area (Å²) in [6.45, 7) is 1.72. The number of rotatable bonds is 3. The molecule has 0 aliphatic rings. The van der Waals surface area contributed by atoms with Crippen LogP contribution in [0.2, 0.25) is 10.0 Å². The summed E-state index contributed by atoms with van der Waals surface area (Å²) in [4.78, 5) is 0. The van der Waals surface area contributed by atoms with Gasteiger partial charge in [-0.3, -0.25) is 0 Å². The summed E-state index contributed by atoms with van der Waals surface area (Å²) in [5.74, 6) is -0.266. The van der Waals surface area contributed by atoms with Crippen molar-refractivity contribution in [1.82, 2.24) is 0 Å². The molecule has 0 aliphatic heterocycles. The van der Waals surface area contributed by atoms with E-state index in [4.69, 9.17) is 28.9 Å². The Morgan fingerprint density at radius 1 is 1.11 bits per heavy atom. The van der Waals surface area contributed by atoms with Crippen LogP contribution >= 0.6 is 23.2 Å². The third kappa shape index (κ3) is 3.08. The summed E-state index contributed by atoms with van der Waals surface area (Å²) < 4.78 is 14.0. The van der Waals surface area contributed by atoms with Crippen LogP contribution in [-0.4, -0.2) is 0 Å². The zero-order chi connectivity index (χ0) is 14.0. The topological polar surface area (TPSA) is 26.0 Å². The van der Waals surface area contributed by atoms with E-state index in [2.05, 4.69) is 0 Å². The molecule has 19 heavy (non-hydrogen) atoms. The zero-order valence-electron chi connectivity index (χ0n) is 10.5. The van der Waals surface area contributed by atoms with E-state index >= 15 is 0 Å². The third-order valence-electron chi connectivity index (χ3n) is 3.11. The van der Waals surface area contributed by atoms with Gasteiger partial charge in [0, 0.05) is 21.7 Å². The molecule has 2 N–H and O–H groups in total. The number of nitrogens with two attached hydrogens (primary N) is 1. The van der Waals surface area contributed by atoms with Gasteiger partial charge in [0.15, 0.2) is 0 Å². The maximum absolute atomic E-state index is 14.0. The molecule has 0 saturated heterocycles. The highest BCUT2D eigenvalue weighted by Crippen LogP contribution is 2.29. The van der Waals surface area contributed by atoms with E-state index in [1.54, 1.807) is 43.3 Å². The van der Waals surface area contributed by atoms with Crippen LogP contribution in [0.1, 0.15) is 22.7 Å². The largest absolute Gasteiger partial charge is 0.324 e. The van der Waals surface area contributed by atoms with Crippen molar-refractivity contribution in [2.45, 2.75) is 19.4 Å². The van der Waals surface area contributed by atoms with Crippen LogP contribution in [0.15, 0.2) is 36.4 Å². The summed E-state index contributed by atoms with van der Waals surface area (Å²) >= 11 is 12.2. The summed E-state index contributed by atoms with van der Waals surface area (Å²) in [6, 6.07) is 10.0. The molecular formula is C15H14Cl2FN. The first-order chi connectivity index (χ1) is 9.00. The van der Waals surface area contributed by atoms with E-state index in [1.165, 1.54) is 0 Å². The van der Waals surface area contributed by atoms with E-state index in [9.17, 15) is 4.39 Å². The Balaban J connectivity index is 2.31. The Morgan fingerprint density at radius 3 is 2.32 bits per heavy atom. The summed E-state index contributed by atoms with van der Waals surface area (Å²) in [6.07, 6.45) is 0.402. The fourth-order valence-corrected chi connectivity index (χ4v) is 2.57. The van der Waals surface area contributed by atoms with Gasteiger partial charge in [0.05, 0.1) is 0 Å². The molecular weight excluding hydrogens is 284 g/mol. The van der Waals surface area contributed by atoms with Gasteiger partial charge in [0.2, 0.25) is 0 Å². The van der Waals surface area contributed by atoms with Crippen molar-refractivity contribution in [1.29, 1.82) is 0 Å². The second kappa shape index (κ2) is 5.91. The maximum atomic E-state index is 14.0. The monoisotopic (exact) mass is 297 g/mol. The standard InChI is InChI=1S/C15H14Cl2FN/c1-9-4-2-5-10(15(9)18)14(19)8-11-12(16)6-3-7-13(11)17/h2-7,14H,8,19H2,1H3. The van der Waals surface area contributed by atoms with E-state index in [-0.39, 0.29) is 5.82 Å². The van der Waals surface area contributed by atoms with Crippen LogP contribution in [0.25, 0.3) is 0 Å². The van der Waals surface area contributed by atoms with Crippen molar-refractivity contribution in [3.63, 3.8) is 0 Å². The van der Waals surface area contributed by atoms with Gasteiger partial charge >= 0.3 is 0 Å². The van der Waals surface area contributed by atoms with Crippen LogP contribution < -0.4 is 5.73 Å². The lowest BCUT2D eigenvalue weighted by molar-refractivity contribution is 0.573. The molecule has 0 heterocycles. The Morgan fingerprint density at radius 2 is 1.68 bits per heavy atom. The maximum Gasteiger partial charge on any atom is 0.130 e. The lowest BCUT2D eigenvalue weighted by Gasteiger charge is -2.16. The summed E-state index contributed by atoms with van der Waals surface area (Å²) in [5.41, 5.74) is 7.89. The van der Waals surface area contributed by atoms with Crippen LogP contribution in [0, 0.1) is 12.7 Å². The lowest BCUT2D eigenvalue weighted by Crippen LogP contribution is -2.16. The van der Waals surface area contributed by atoms with Gasteiger partial charge in [0.25, 0.3) is 0 Å². The van der Waals surface area contributed by atoms with Crippen molar-refractivity contribution in [2.24, 2.45) is 5.73 Å². The summed E-state index contributed by atoms with van der Waals surface area (Å²) in [5, 5.41) is 1.10. The predicted octanol–water partition coefficient (Wildman–Crippen LogP) is 4.68. The molecule has 0 fully saturated rings. The third-order valence-corrected chi connectivity index (χ3v) is 3.82. The first-order valence-electron chi connectivity index (χ1n) is 5.94. The van der Waals surface area contributed by atoms with Gasteiger partial charge in [-0.25, -0.2) is 4.39 Å². The van der Waals surface area contributed by atoms with Crippen molar-refractivity contribution in [3.05, 3.63) is 69.0 Å². The van der Waals surface area contributed by atoms with Crippen molar-refractivity contribution >= 4 is 23.2 Å². The minimum atomic E-state index is -0.475. The molecule has 4 heteroatoms. The highest BCUT2D eigenvalue weighted by Gasteiger charge is 2.16. The summed E-state index contributed by atoms with van der Waals surface area (Å²) in [7, 11) is 0. The highest BCUT2D eigenvalue weighted by atomic mass is 35.5. The lowest BCUT2D eigenvalue weighted by atomic mass is 9.97. The van der Waals surface area contributed by atoms with Gasteiger partial charge in [-0.05, 0) is 36.6 Å². The second-order valence-electron chi connectivity index (χ2n) is 4.49. The number of hydrogen-bond donors (Lipinski definition) is 1. The van der Waals surface area contributed by atoms with E-state index in [0.29, 0.717) is 27.6 Å². The number of aryl methyl sites for hydroxylation is 1. The molecule has 0 radical (unpaired) electrons. The van der Waals surface area contributed by atoms with Crippen molar-refractivity contribution in [2.75, 3.05) is 0 Å². The molecule has 2 rings (SSSR count). The van der Waals surface area contributed by atoms with Gasteiger partial charge in [-0.2, -0.15) is 0 Å². The molecule has 0 aliphatic carbocycles. The second-order valence-corrected chi connectivity index (χ2v) is 5.30. The quantitative estimate of drug-likeness (QED) is 0.874. The average Bonchev–Trinajstić information content (AvgIpc) is 2.37. The highest BCUT2D eigenvalue weighted by molar-refractivity contribution is 6.36. The number of hydrogen-bond acceptors (Lipinski definition) is 1. The normalized spacial score (nSPS) is 12.5. The van der Waals surface area contributed by atoms with Crippen LogP contribution in [-0.2, 0) is 6.42 Å². The smallest absolute Gasteiger partial charge is 0.130 e. The Kier molecular flexibility index (Phi) is 4.46. The van der Waals surface area contributed by atoms with E-state index in [1.807, 2.05) is 0 Å². The number of benzene rings is 2. The Hall–Kier alpha value is -1.09. The van der Waals surface area contributed by atoms with Gasteiger partial charge in [-0.15, -0.1) is 0 Å². The minimum Gasteiger partial charge on any atom is -0.324 e. The predicted molar refractivity (Wildman–Crippen MR) is 78.2 cm³/mol. The Labute approximate surface area is 122 Å². The SMILES string of the molecule is Cc1cccc(C(N)Cc2c(Cl)cccc2Cl)c1F.